The number of benzene rings is 1. The van der Waals surface area contributed by atoms with Crippen molar-refractivity contribution < 1.29 is 10.0 Å². The van der Waals surface area contributed by atoms with Crippen LogP contribution in [0.3, 0.4) is 0 Å². The van der Waals surface area contributed by atoms with E-state index in [1.807, 2.05) is 43.1 Å². The molecule has 1 aromatic carbocycles. The van der Waals surface area contributed by atoms with E-state index >= 15 is 0 Å². The van der Waals surface area contributed by atoms with Crippen molar-refractivity contribution in [2.75, 3.05) is 18.0 Å². The van der Waals surface area contributed by atoms with E-state index in [1.165, 1.54) is 6.20 Å². The van der Waals surface area contributed by atoms with E-state index in [4.69, 9.17) is 0 Å². The van der Waals surface area contributed by atoms with Gasteiger partial charge < -0.3 is 19.5 Å². The van der Waals surface area contributed by atoms with Crippen molar-refractivity contribution >= 4 is 18.3 Å². The fourth-order valence-corrected chi connectivity index (χ4v) is 4.81. The van der Waals surface area contributed by atoms with Crippen LogP contribution in [0.15, 0.2) is 49.2 Å². The van der Waals surface area contributed by atoms with E-state index in [0.29, 0.717) is 22.5 Å². The summed E-state index contributed by atoms with van der Waals surface area (Å²) in [5, 5.41) is 42.5. The summed E-state index contributed by atoms with van der Waals surface area (Å²) >= 11 is 0. The summed E-state index contributed by atoms with van der Waals surface area (Å²) in [5.74, 6) is 1.27. The van der Waals surface area contributed by atoms with Crippen LogP contribution in [0.1, 0.15) is 30.1 Å². The molecule has 4 heterocycles. The van der Waals surface area contributed by atoms with Crippen molar-refractivity contribution in [1.29, 1.82) is 5.26 Å². The SMILES string of the molecule is Cn1ccc(-c2ccc(-c3cncc(B(O)O)c3)c(N3CCC(c4nncn4C)CC3)c2C#N)n1. The molecule has 0 aliphatic carbocycles. The van der Waals surface area contributed by atoms with E-state index < -0.39 is 7.12 Å². The van der Waals surface area contributed by atoms with E-state index in [0.717, 1.165) is 54.3 Å². The Hall–Kier alpha value is -4.01. The summed E-state index contributed by atoms with van der Waals surface area (Å²) in [6.07, 6.45) is 8.43. The van der Waals surface area contributed by atoms with Crippen molar-refractivity contribution in [3.05, 3.63) is 60.6 Å². The van der Waals surface area contributed by atoms with Crippen molar-refractivity contribution in [3.63, 3.8) is 0 Å². The fourth-order valence-electron chi connectivity index (χ4n) is 4.81. The lowest BCUT2D eigenvalue weighted by molar-refractivity contribution is 0.425. The van der Waals surface area contributed by atoms with E-state index in [9.17, 15) is 15.3 Å². The zero-order valence-electron chi connectivity index (χ0n) is 19.6. The van der Waals surface area contributed by atoms with E-state index in [2.05, 4.69) is 31.2 Å². The molecule has 2 N–H and O–H groups in total. The molecule has 0 unspecified atom stereocenters. The molecular weight excluding hydrogens is 443 g/mol. The summed E-state index contributed by atoms with van der Waals surface area (Å²) < 4.78 is 3.68. The number of hydrogen-bond donors (Lipinski definition) is 2. The average Bonchev–Trinajstić information content (AvgIpc) is 3.51. The van der Waals surface area contributed by atoms with Gasteiger partial charge in [-0.2, -0.15) is 10.4 Å². The van der Waals surface area contributed by atoms with Gasteiger partial charge in [0.2, 0.25) is 0 Å². The molecule has 0 saturated carbocycles. The van der Waals surface area contributed by atoms with Gasteiger partial charge in [-0.15, -0.1) is 10.2 Å². The molecule has 1 saturated heterocycles. The lowest BCUT2D eigenvalue weighted by atomic mass is 9.80. The first-order valence-corrected chi connectivity index (χ1v) is 11.4. The van der Waals surface area contributed by atoms with Gasteiger partial charge in [-0.25, -0.2) is 0 Å². The standard InChI is InChI=1S/C24H25BN8O2/c1-31-15-28-29-24(31)16-5-9-33(10-6-16)23-19(17-11-18(25(34)35)14-27-13-17)3-4-20(21(23)12-26)22-7-8-32(2)30-22/h3-4,7-8,11,13-16,34-35H,5-6,9-10H2,1-2H3. The second-order valence-corrected chi connectivity index (χ2v) is 8.81. The molecule has 176 valence electrons. The van der Waals surface area contributed by atoms with Gasteiger partial charge in [0, 0.05) is 73.8 Å². The van der Waals surface area contributed by atoms with Gasteiger partial charge in [0.15, 0.2) is 0 Å². The molecule has 0 amide bonds. The minimum atomic E-state index is -1.63. The zero-order valence-corrected chi connectivity index (χ0v) is 19.6. The van der Waals surface area contributed by atoms with Crippen molar-refractivity contribution in [3.8, 4) is 28.5 Å². The summed E-state index contributed by atoms with van der Waals surface area (Å²) in [5.41, 5.74) is 4.64. The van der Waals surface area contributed by atoms with Crippen LogP contribution < -0.4 is 10.4 Å². The third-order valence-corrected chi connectivity index (χ3v) is 6.57. The number of rotatable bonds is 5. The van der Waals surface area contributed by atoms with Gasteiger partial charge in [-0.3, -0.25) is 9.67 Å². The highest BCUT2D eigenvalue weighted by atomic mass is 16.4. The highest BCUT2D eigenvalue weighted by Crippen LogP contribution is 2.41. The predicted octanol–water partition coefficient (Wildman–Crippen LogP) is 1.21. The largest absolute Gasteiger partial charge is 0.490 e. The minimum Gasteiger partial charge on any atom is -0.423 e. The number of hydrogen-bond acceptors (Lipinski definition) is 8. The Morgan fingerprint density at radius 1 is 1.09 bits per heavy atom. The second-order valence-electron chi connectivity index (χ2n) is 8.81. The molecule has 10 nitrogen and oxygen atoms in total. The van der Waals surface area contributed by atoms with Crippen molar-refractivity contribution in [2.24, 2.45) is 14.1 Å². The maximum absolute atomic E-state index is 10.3. The van der Waals surface area contributed by atoms with Gasteiger partial charge >= 0.3 is 7.12 Å². The molecule has 1 aliphatic heterocycles. The minimum absolute atomic E-state index is 0.293. The molecule has 35 heavy (non-hydrogen) atoms. The first-order valence-electron chi connectivity index (χ1n) is 11.4. The van der Waals surface area contributed by atoms with Gasteiger partial charge in [-0.1, -0.05) is 18.2 Å². The van der Waals surface area contributed by atoms with Crippen LogP contribution in [0.4, 0.5) is 5.69 Å². The van der Waals surface area contributed by atoms with Crippen LogP contribution >= 0.6 is 0 Å². The molecule has 5 rings (SSSR count). The Morgan fingerprint density at radius 3 is 2.49 bits per heavy atom. The Bertz CT molecular complexity index is 1400. The van der Waals surface area contributed by atoms with Crippen LogP contribution in [0.5, 0.6) is 0 Å². The molecule has 3 aromatic heterocycles. The Balaban J connectivity index is 1.60. The fraction of sp³-hybridized carbons (Fsp3) is 0.292. The summed E-state index contributed by atoms with van der Waals surface area (Å²) in [6.45, 7) is 1.47. The van der Waals surface area contributed by atoms with Gasteiger partial charge in [0.1, 0.15) is 18.2 Å². The highest BCUT2D eigenvalue weighted by Gasteiger charge is 2.28. The van der Waals surface area contributed by atoms with Crippen LogP contribution in [-0.4, -0.2) is 59.8 Å². The molecule has 1 aliphatic rings. The Kier molecular flexibility index (Phi) is 6.07. The number of piperidine rings is 1. The number of nitriles is 1. The Morgan fingerprint density at radius 2 is 1.86 bits per heavy atom. The zero-order chi connectivity index (χ0) is 24.5. The average molecular weight is 468 g/mol. The maximum Gasteiger partial charge on any atom is 0.490 e. The molecule has 11 heteroatoms. The highest BCUT2D eigenvalue weighted by molar-refractivity contribution is 6.58. The summed E-state index contributed by atoms with van der Waals surface area (Å²) in [6, 6.07) is 9.87. The van der Waals surface area contributed by atoms with Gasteiger partial charge in [0.05, 0.1) is 16.9 Å². The Labute approximate surface area is 203 Å². The number of nitrogens with zero attached hydrogens (tertiary/aromatic N) is 8. The molecule has 0 bridgehead atoms. The smallest absolute Gasteiger partial charge is 0.423 e. The lowest BCUT2D eigenvalue weighted by Gasteiger charge is -2.35. The van der Waals surface area contributed by atoms with Crippen LogP contribution in [0.25, 0.3) is 22.4 Å². The number of anilines is 1. The van der Waals surface area contributed by atoms with Crippen LogP contribution in [0.2, 0.25) is 0 Å². The number of aryl methyl sites for hydroxylation is 2. The molecule has 0 radical (unpaired) electrons. The topological polar surface area (TPSA) is 129 Å². The quantitative estimate of drug-likeness (QED) is 0.419. The van der Waals surface area contributed by atoms with Crippen molar-refractivity contribution in [1.82, 2.24) is 29.5 Å². The van der Waals surface area contributed by atoms with Crippen LogP contribution in [0, 0.1) is 11.3 Å². The monoisotopic (exact) mass is 468 g/mol. The second kappa shape index (κ2) is 9.33. The van der Waals surface area contributed by atoms with Crippen molar-refractivity contribution in [2.45, 2.75) is 18.8 Å². The van der Waals surface area contributed by atoms with E-state index in [-0.39, 0.29) is 0 Å². The number of aromatic nitrogens is 6. The normalized spacial score (nSPS) is 14.2. The maximum atomic E-state index is 10.3. The molecule has 0 spiro atoms. The molecule has 4 aromatic rings. The molecular formula is C24H25BN8O2. The number of pyridine rings is 1. The molecule has 1 fully saturated rings. The molecule has 0 atom stereocenters. The first-order chi connectivity index (χ1) is 17.0. The third kappa shape index (κ3) is 4.29. The third-order valence-electron chi connectivity index (χ3n) is 6.57. The summed E-state index contributed by atoms with van der Waals surface area (Å²) in [7, 11) is 2.18. The summed E-state index contributed by atoms with van der Waals surface area (Å²) in [4.78, 5) is 6.44. The van der Waals surface area contributed by atoms with Gasteiger partial charge in [0.25, 0.3) is 0 Å². The first kappa shape index (κ1) is 22.8. The predicted molar refractivity (Wildman–Crippen MR) is 132 cm³/mol. The lowest BCUT2D eigenvalue weighted by Crippen LogP contribution is -2.34. The van der Waals surface area contributed by atoms with Gasteiger partial charge in [-0.05, 0) is 18.9 Å². The van der Waals surface area contributed by atoms with E-state index in [1.54, 1.807) is 23.3 Å². The van der Waals surface area contributed by atoms with Crippen LogP contribution in [-0.2, 0) is 14.1 Å².